The van der Waals surface area contributed by atoms with Crippen molar-refractivity contribution in [3.05, 3.63) is 24.3 Å². The number of para-hydroxylation sites is 1. The van der Waals surface area contributed by atoms with E-state index in [1.165, 1.54) is 11.8 Å². The van der Waals surface area contributed by atoms with Crippen molar-refractivity contribution in [2.75, 3.05) is 44.7 Å². The molecule has 1 aromatic carbocycles. The molecule has 0 aliphatic carbocycles. The molecule has 0 radical (unpaired) electrons. The van der Waals surface area contributed by atoms with Gasteiger partial charge in [0.15, 0.2) is 5.13 Å². The fraction of sp³-hybridized carbons (Fsp3) is 0.467. The van der Waals surface area contributed by atoms with Crippen LogP contribution in [0.1, 0.15) is 6.42 Å². The van der Waals surface area contributed by atoms with Crippen molar-refractivity contribution >= 4 is 32.7 Å². The number of carbonyl (C=O) groups is 1. The number of esters is 1. The first kappa shape index (κ1) is 14.3. The minimum Gasteiger partial charge on any atom is -0.469 e. The summed E-state index contributed by atoms with van der Waals surface area (Å²) in [4.78, 5) is 20.5. The topological polar surface area (TPSA) is 45.7 Å². The van der Waals surface area contributed by atoms with Gasteiger partial charge in [0.05, 0.1) is 23.7 Å². The normalized spacial score (nSPS) is 16.3. The minimum absolute atomic E-state index is 0.136. The van der Waals surface area contributed by atoms with Gasteiger partial charge in [0.2, 0.25) is 0 Å². The van der Waals surface area contributed by atoms with Gasteiger partial charge in [-0.1, -0.05) is 23.5 Å². The lowest BCUT2D eigenvalue weighted by Gasteiger charge is -2.34. The monoisotopic (exact) mass is 305 g/mol. The number of anilines is 1. The average Bonchev–Trinajstić information content (AvgIpc) is 2.97. The van der Waals surface area contributed by atoms with E-state index >= 15 is 0 Å². The van der Waals surface area contributed by atoms with Crippen molar-refractivity contribution in [1.82, 2.24) is 9.88 Å². The van der Waals surface area contributed by atoms with Crippen molar-refractivity contribution in [2.45, 2.75) is 6.42 Å². The van der Waals surface area contributed by atoms with Gasteiger partial charge in [0.25, 0.3) is 0 Å². The molecule has 0 spiro atoms. The van der Waals surface area contributed by atoms with Gasteiger partial charge in [0.1, 0.15) is 0 Å². The van der Waals surface area contributed by atoms with Crippen LogP contribution in [0.15, 0.2) is 24.3 Å². The Morgan fingerprint density at radius 1 is 1.29 bits per heavy atom. The third-order valence-corrected chi connectivity index (χ3v) is 4.88. The molecular formula is C15H19N3O2S. The van der Waals surface area contributed by atoms with Gasteiger partial charge in [-0.15, -0.1) is 0 Å². The number of rotatable bonds is 4. The van der Waals surface area contributed by atoms with Crippen LogP contribution in [0.3, 0.4) is 0 Å². The Balaban J connectivity index is 1.56. The van der Waals surface area contributed by atoms with Gasteiger partial charge in [-0.2, -0.15) is 0 Å². The van der Waals surface area contributed by atoms with Crippen LogP contribution in [0.5, 0.6) is 0 Å². The van der Waals surface area contributed by atoms with Crippen LogP contribution in [0.4, 0.5) is 5.13 Å². The van der Waals surface area contributed by atoms with E-state index in [2.05, 4.69) is 32.7 Å². The first-order valence-corrected chi connectivity index (χ1v) is 7.97. The van der Waals surface area contributed by atoms with Crippen LogP contribution in [0.25, 0.3) is 10.2 Å². The number of hydrogen-bond acceptors (Lipinski definition) is 6. The van der Waals surface area contributed by atoms with E-state index < -0.39 is 0 Å². The summed E-state index contributed by atoms with van der Waals surface area (Å²) in [6, 6.07) is 8.25. The van der Waals surface area contributed by atoms with Gasteiger partial charge in [0, 0.05) is 32.7 Å². The maximum Gasteiger partial charge on any atom is 0.306 e. The molecule has 6 heteroatoms. The number of ether oxygens (including phenoxy) is 1. The van der Waals surface area contributed by atoms with Gasteiger partial charge >= 0.3 is 5.97 Å². The zero-order chi connectivity index (χ0) is 14.7. The molecule has 0 N–H and O–H groups in total. The van der Waals surface area contributed by atoms with E-state index in [-0.39, 0.29) is 5.97 Å². The van der Waals surface area contributed by atoms with Crippen molar-refractivity contribution in [2.24, 2.45) is 0 Å². The predicted molar refractivity (Wildman–Crippen MR) is 84.9 cm³/mol. The lowest BCUT2D eigenvalue weighted by molar-refractivity contribution is -0.141. The molecule has 1 aromatic heterocycles. The summed E-state index contributed by atoms with van der Waals surface area (Å²) < 4.78 is 5.92. The Labute approximate surface area is 128 Å². The van der Waals surface area contributed by atoms with E-state index in [0.717, 1.165) is 43.4 Å². The molecule has 1 aliphatic rings. The number of piperazine rings is 1. The van der Waals surface area contributed by atoms with Crippen LogP contribution in [0.2, 0.25) is 0 Å². The molecule has 0 unspecified atom stereocenters. The molecule has 1 saturated heterocycles. The van der Waals surface area contributed by atoms with Crippen LogP contribution >= 0.6 is 11.3 Å². The molecule has 0 saturated carbocycles. The summed E-state index contributed by atoms with van der Waals surface area (Å²) in [5.41, 5.74) is 1.07. The summed E-state index contributed by atoms with van der Waals surface area (Å²) in [7, 11) is 1.44. The Morgan fingerprint density at radius 3 is 2.76 bits per heavy atom. The number of aromatic nitrogens is 1. The van der Waals surface area contributed by atoms with Crippen molar-refractivity contribution < 1.29 is 9.53 Å². The average molecular weight is 305 g/mol. The second-order valence-electron chi connectivity index (χ2n) is 5.12. The van der Waals surface area contributed by atoms with Crippen molar-refractivity contribution in [1.29, 1.82) is 0 Å². The van der Waals surface area contributed by atoms with E-state index in [1.807, 2.05) is 6.07 Å². The fourth-order valence-electron chi connectivity index (χ4n) is 2.51. The van der Waals surface area contributed by atoms with Crippen molar-refractivity contribution in [3.8, 4) is 0 Å². The zero-order valence-electron chi connectivity index (χ0n) is 12.1. The third-order valence-electron chi connectivity index (χ3n) is 3.79. The number of carbonyl (C=O) groups excluding carboxylic acids is 1. The Morgan fingerprint density at radius 2 is 2.05 bits per heavy atom. The fourth-order valence-corrected chi connectivity index (χ4v) is 3.53. The minimum atomic E-state index is -0.136. The number of benzene rings is 1. The molecule has 112 valence electrons. The summed E-state index contributed by atoms with van der Waals surface area (Å²) in [6.45, 7) is 4.63. The molecule has 0 amide bonds. The first-order chi connectivity index (χ1) is 10.3. The molecule has 2 aromatic rings. The Bertz CT molecular complexity index is 587. The molecule has 0 atom stereocenters. The summed E-state index contributed by atoms with van der Waals surface area (Å²) in [6.07, 6.45) is 0.470. The summed E-state index contributed by atoms with van der Waals surface area (Å²) in [5, 5.41) is 1.10. The van der Waals surface area contributed by atoms with Crippen molar-refractivity contribution in [3.63, 3.8) is 0 Å². The summed E-state index contributed by atoms with van der Waals surface area (Å²) >= 11 is 1.75. The molecule has 3 rings (SSSR count). The third kappa shape index (κ3) is 3.33. The maximum absolute atomic E-state index is 11.2. The predicted octanol–water partition coefficient (Wildman–Crippen LogP) is 1.98. The number of nitrogens with zero attached hydrogens (tertiary/aromatic N) is 3. The van der Waals surface area contributed by atoms with Crippen LogP contribution in [-0.4, -0.2) is 55.7 Å². The van der Waals surface area contributed by atoms with Crippen LogP contribution in [0, 0.1) is 0 Å². The number of hydrogen-bond donors (Lipinski definition) is 0. The molecule has 5 nitrogen and oxygen atoms in total. The maximum atomic E-state index is 11.2. The molecule has 0 bridgehead atoms. The van der Waals surface area contributed by atoms with Crippen LogP contribution in [-0.2, 0) is 9.53 Å². The highest BCUT2D eigenvalue weighted by Gasteiger charge is 2.20. The highest BCUT2D eigenvalue weighted by molar-refractivity contribution is 7.22. The Kier molecular flexibility index (Phi) is 4.36. The number of methoxy groups -OCH3 is 1. The quantitative estimate of drug-likeness (QED) is 0.808. The highest BCUT2D eigenvalue weighted by atomic mass is 32.1. The molecule has 1 aliphatic heterocycles. The van der Waals surface area contributed by atoms with E-state index in [9.17, 15) is 4.79 Å². The smallest absolute Gasteiger partial charge is 0.306 e. The Hall–Kier alpha value is -1.66. The van der Waals surface area contributed by atoms with Gasteiger partial charge < -0.3 is 9.64 Å². The molecular weight excluding hydrogens is 286 g/mol. The van der Waals surface area contributed by atoms with Crippen LogP contribution < -0.4 is 4.90 Å². The first-order valence-electron chi connectivity index (χ1n) is 7.16. The number of thiazole rings is 1. The summed E-state index contributed by atoms with van der Waals surface area (Å²) in [5.74, 6) is -0.136. The lowest BCUT2D eigenvalue weighted by Crippen LogP contribution is -2.46. The lowest BCUT2D eigenvalue weighted by atomic mass is 10.3. The van der Waals surface area contributed by atoms with Gasteiger partial charge in [-0.25, -0.2) is 4.98 Å². The second kappa shape index (κ2) is 6.41. The van der Waals surface area contributed by atoms with E-state index in [1.54, 1.807) is 11.3 Å². The van der Waals surface area contributed by atoms with Gasteiger partial charge in [-0.05, 0) is 12.1 Å². The zero-order valence-corrected chi connectivity index (χ0v) is 12.9. The SMILES string of the molecule is COC(=O)CCN1CCN(c2nc3ccccc3s2)CC1. The molecule has 21 heavy (non-hydrogen) atoms. The molecule has 2 heterocycles. The standard InChI is InChI=1S/C15H19N3O2S/c1-20-14(19)6-7-17-8-10-18(11-9-17)15-16-12-4-2-3-5-13(12)21-15/h2-5H,6-11H2,1H3. The molecule has 1 fully saturated rings. The highest BCUT2D eigenvalue weighted by Crippen LogP contribution is 2.29. The van der Waals surface area contributed by atoms with E-state index in [4.69, 9.17) is 4.98 Å². The van der Waals surface area contributed by atoms with E-state index in [0.29, 0.717) is 6.42 Å². The van der Waals surface area contributed by atoms with Gasteiger partial charge in [-0.3, -0.25) is 9.69 Å². The number of fused-ring (bicyclic) bond motifs is 1. The largest absolute Gasteiger partial charge is 0.469 e. The second-order valence-corrected chi connectivity index (χ2v) is 6.13.